The molecule has 0 radical (unpaired) electrons. The van der Waals surface area contributed by atoms with Crippen molar-refractivity contribution in [2.75, 3.05) is 0 Å². The smallest absolute Gasteiger partial charge is 0.167 e. The molecule has 0 aliphatic rings. The normalized spacial score (nSPS) is 10.8. The molecule has 0 heterocycles. The number of hydrogen-bond acceptors (Lipinski definition) is 2. The summed E-state index contributed by atoms with van der Waals surface area (Å²) in [5.41, 5.74) is 9.70. The summed E-state index contributed by atoms with van der Waals surface area (Å²) in [6, 6.07) is 15.8. The molecule has 2 heteroatoms. The van der Waals surface area contributed by atoms with Crippen LogP contribution in [0.5, 0.6) is 0 Å². The Labute approximate surface area is 120 Å². The van der Waals surface area contributed by atoms with Gasteiger partial charge in [-0.25, -0.2) is 0 Å². The Morgan fingerprint density at radius 2 is 1.50 bits per heavy atom. The van der Waals surface area contributed by atoms with Gasteiger partial charge in [0, 0.05) is 18.5 Å². The highest BCUT2D eigenvalue weighted by Crippen LogP contribution is 2.16. The first-order valence-electron chi connectivity index (χ1n) is 7.01. The van der Waals surface area contributed by atoms with E-state index >= 15 is 0 Å². The van der Waals surface area contributed by atoms with Gasteiger partial charge in [-0.15, -0.1) is 0 Å². The highest BCUT2D eigenvalue weighted by molar-refractivity contribution is 5.97. The molecule has 0 saturated heterocycles. The van der Waals surface area contributed by atoms with Crippen LogP contribution in [0.25, 0.3) is 0 Å². The molecular formula is C18H21NO. The van der Waals surface area contributed by atoms with Crippen LogP contribution in [0.15, 0.2) is 48.5 Å². The highest BCUT2D eigenvalue weighted by Gasteiger charge is 2.07. The number of ketones is 1. The van der Waals surface area contributed by atoms with Crippen molar-refractivity contribution < 1.29 is 4.79 Å². The van der Waals surface area contributed by atoms with Crippen molar-refractivity contribution in [2.24, 2.45) is 5.73 Å². The van der Waals surface area contributed by atoms with Gasteiger partial charge < -0.3 is 5.73 Å². The van der Waals surface area contributed by atoms with Gasteiger partial charge in [0.1, 0.15) is 0 Å². The second kappa shape index (κ2) is 6.49. The van der Waals surface area contributed by atoms with E-state index in [-0.39, 0.29) is 5.78 Å². The third-order valence-corrected chi connectivity index (χ3v) is 3.52. The molecule has 20 heavy (non-hydrogen) atoms. The topological polar surface area (TPSA) is 43.1 Å². The first kappa shape index (κ1) is 14.5. The van der Waals surface area contributed by atoms with Crippen LogP contribution in [0.1, 0.15) is 46.8 Å². The van der Waals surface area contributed by atoms with Gasteiger partial charge in [-0.1, -0.05) is 62.4 Å². The zero-order valence-corrected chi connectivity index (χ0v) is 12.1. The minimum Gasteiger partial charge on any atom is -0.326 e. The molecule has 0 atom stereocenters. The van der Waals surface area contributed by atoms with E-state index in [1.54, 1.807) is 0 Å². The monoisotopic (exact) mass is 267 g/mol. The molecule has 2 rings (SSSR count). The molecule has 0 unspecified atom stereocenters. The van der Waals surface area contributed by atoms with E-state index in [0.29, 0.717) is 18.9 Å². The van der Waals surface area contributed by atoms with Crippen LogP contribution in [-0.4, -0.2) is 5.78 Å². The van der Waals surface area contributed by atoms with Gasteiger partial charge in [-0.3, -0.25) is 4.79 Å². The van der Waals surface area contributed by atoms with E-state index in [2.05, 4.69) is 26.0 Å². The molecule has 0 saturated carbocycles. The predicted molar refractivity (Wildman–Crippen MR) is 82.9 cm³/mol. The van der Waals surface area contributed by atoms with Crippen LogP contribution < -0.4 is 5.73 Å². The molecule has 0 amide bonds. The lowest BCUT2D eigenvalue weighted by Gasteiger charge is -2.07. The number of rotatable bonds is 5. The summed E-state index contributed by atoms with van der Waals surface area (Å²) in [6.45, 7) is 4.84. The molecule has 0 bridgehead atoms. The molecule has 0 fully saturated rings. The van der Waals surface area contributed by atoms with Crippen molar-refractivity contribution in [1.82, 2.24) is 0 Å². The Balaban J connectivity index is 2.06. The Kier molecular flexibility index (Phi) is 4.70. The van der Waals surface area contributed by atoms with E-state index in [1.165, 1.54) is 5.56 Å². The van der Waals surface area contributed by atoms with Gasteiger partial charge in [0.2, 0.25) is 0 Å². The second-order valence-electron chi connectivity index (χ2n) is 5.40. The average Bonchev–Trinajstić information content (AvgIpc) is 2.48. The Bertz CT molecular complexity index is 567. The summed E-state index contributed by atoms with van der Waals surface area (Å²) in [4.78, 5) is 12.2. The average molecular weight is 267 g/mol. The van der Waals surface area contributed by atoms with Gasteiger partial charge in [0.05, 0.1) is 0 Å². The molecule has 104 valence electrons. The third kappa shape index (κ3) is 3.55. The van der Waals surface area contributed by atoms with E-state index < -0.39 is 0 Å². The largest absolute Gasteiger partial charge is 0.326 e. The number of Topliss-reactive ketones (excluding diaryl/α,β-unsaturated/α-hetero) is 1. The summed E-state index contributed by atoms with van der Waals surface area (Å²) < 4.78 is 0. The summed E-state index contributed by atoms with van der Waals surface area (Å²) in [6.07, 6.45) is 0.445. The molecule has 2 aromatic carbocycles. The molecule has 0 aliphatic carbocycles. The molecule has 2 nitrogen and oxygen atoms in total. The van der Waals surface area contributed by atoms with Gasteiger partial charge in [-0.05, 0) is 22.6 Å². The van der Waals surface area contributed by atoms with Crippen LogP contribution >= 0.6 is 0 Å². The van der Waals surface area contributed by atoms with Gasteiger partial charge in [0.25, 0.3) is 0 Å². The lowest BCUT2D eigenvalue weighted by atomic mass is 9.98. The fourth-order valence-corrected chi connectivity index (χ4v) is 2.13. The van der Waals surface area contributed by atoms with E-state index in [0.717, 1.165) is 16.7 Å². The molecular weight excluding hydrogens is 246 g/mol. The Morgan fingerprint density at radius 1 is 0.950 bits per heavy atom. The Hall–Kier alpha value is -1.93. The SMILES string of the molecule is CC(C)c1ccc(CC(=O)c2ccc(CN)cc2)cc1. The van der Waals surface area contributed by atoms with E-state index in [9.17, 15) is 4.79 Å². The molecule has 2 N–H and O–H groups in total. The van der Waals surface area contributed by atoms with Crippen molar-refractivity contribution in [1.29, 1.82) is 0 Å². The van der Waals surface area contributed by atoms with Crippen LogP contribution in [0.4, 0.5) is 0 Å². The second-order valence-corrected chi connectivity index (χ2v) is 5.40. The minimum atomic E-state index is 0.144. The van der Waals surface area contributed by atoms with Crippen molar-refractivity contribution >= 4 is 5.78 Å². The van der Waals surface area contributed by atoms with Gasteiger partial charge in [-0.2, -0.15) is 0 Å². The molecule has 2 aromatic rings. The number of benzene rings is 2. The maximum Gasteiger partial charge on any atom is 0.167 e. The lowest BCUT2D eigenvalue weighted by Crippen LogP contribution is -2.04. The van der Waals surface area contributed by atoms with Crippen molar-refractivity contribution in [2.45, 2.75) is 32.7 Å². The fraction of sp³-hybridized carbons (Fsp3) is 0.278. The maximum absolute atomic E-state index is 12.2. The molecule has 0 aliphatic heterocycles. The quantitative estimate of drug-likeness (QED) is 0.839. The minimum absolute atomic E-state index is 0.144. The van der Waals surface area contributed by atoms with Crippen molar-refractivity contribution in [3.05, 3.63) is 70.8 Å². The summed E-state index contributed by atoms with van der Waals surface area (Å²) >= 11 is 0. The summed E-state index contributed by atoms with van der Waals surface area (Å²) in [5.74, 6) is 0.662. The van der Waals surface area contributed by atoms with Crippen LogP contribution in [0.3, 0.4) is 0 Å². The molecule has 0 spiro atoms. The van der Waals surface area contributed by atoms with Crippen LogP contribution in [-0.2, 0) is 13.0 Å². The molecule has 0 aromatic heterocycles. The van der Waals surface area contributed by atoms with Crippen LogP contribution in [0, 0.1) is 0 Å². The maximum atomic E-state index is 12.2. The zero-order valence-electron chi connectivity index (χ0n) is 12.1. The summed E-state index contributed by atoms with van der Waals surface area (Å²) in [7, 11) is 0. The fourth-order valence-electron chi connectivity index (χ4n) is 2.13. The van der Waals surface area contributed by atoms with Crippen LogP contribution in [0.2, 0.25) is 0 Å². The zero-order chi connectivity index (χ0) is 14.5. The Morgan fingerprint density at radius 3 is 2.00 bits per heavy atom. The predicted octanol–water partition coefficient (Wildman–Crippen LogP) is 3.69. The number of nitrogens with two attached hydrogens (primary N) is 1. The number of carbonyl (C=O) groups excluding carboxylic acids is 1. The number of hydrogen-bond donors (Lipinski definition) is 1. The third-order valence-electron chi connectivity index (χ3n) is 3.52. The highest BCUT2D eigenvalue weighted by atomic mass is 16.1. The number of carbonyl (C=O) groups is 1. The first-order valence-corrected chi connectivity index (χ1v) is 7.01. The standard InChI is InChI=1S/C18H21NO/c1-13(2)16-7-3-14(4-8-16)11-18(20)17-9-5-15(12-19)6-10-17/h3-10,13H,11-12,19H2,1-2H3. The van der Waals surface area contributed by atoms with Gasteiger partial charge >= 0.3 is 0 Å². The first-order chi connectivity index (χ1) is 9.60. The van der Waals surface area contributed by atoms with Gasteiger partial charge in [0.15, 0.2) is 5.78 Å². The van der Waals surface area contributed by atoms with Crippen molar-refractivity contribution in [3.63, 3.8) is 0 Å². The van der Waals surface area contributed by atoms with E-state index in [4.69, 9.17) is 5.73 Å². The summed E-state index contributed by atoms with van der Waals surface area (Å²) in [5, 5.41) is 0. The van der Waals surface area contributed by atoms with E-state index in [1.807, 2.05) is 36.4 Å². The lowest BCUT2D eigenvalue weighted by molar-refractivity contribution is 0.0993. The van der Waals surface area contributed by atoms with Crippen molar-refractivity contribution in [3.8, 4) is 0 Å².